The van der Waals surface area contributed by atoms with Crippen molar-refractivity contribution in [2.75, 3.05) is 11.9 Å². The molecule has 0 saturated carbocycles. The molecule has 0 unspecified atom stereocenters. The molecule has 0 heterocycles. The largest absolute Gasteiger partial charge is 0.338 e. The van der Waals surface area contributed by atoms with Crippen LogP contribution >= 0.6 is 0 Å². The molecule has 2 aromatic rings. The maximum atomic E-state index is 13.6. The summed E-state index contributed by atoms with van der Waals surface area (Å²) in [6.45, 7) is 4.01. The minimum Gasteiger partial charge on any atom is -0.338 e. The highest BCUT2D eigenvalue weighted by molar-refractivity contribution is 5.91. The van der Waals surface area contributed by atoms with E-state index in [0.717, 1.165) is 17.2 Å². The molecule has 0 spiro atoms. The van der Waals surface area contributed by atoms with Crippen LogP contribution < -0.4 is 5.32 Å². The van der Waals surface area contributed by atoms with Gasteiger partial charge < -0.3 is 10.2 Å². The van der Waals surface area contributed by atoms with Crippen molar-refractivity contribution in [3.8, 4) is 0 Å². The first-order valence-electron chi connectivity index (χ1n) is 7.91. The van der Waals surface area contributed by atoms with Gasteiger partial charge in [0.1, 0.15) is 11.6 Å². The molecule has 0 atom stereocenters. The first-order chi connectivity index (χ1) is 11.9. The average Bonchev–Trinajstić information content (AvgIpc) is 2.55. The van der Waals surface area contributed by atoms with Crippen LogP contribution in [0, 0.1) is 18.6 Å². The Morgan fingerprint density at radius 1 is 1.12 bits per heavy atom. The van der Waals surface area contributed by atoms with Crippen molar-refractivity contribution in [2.24, 2.45) is 0 Å². The zero-order valence-electron chi connectivity index (χ0n) is 14.2. The molecule has 4 nitrogen and oxygen atoms in total. The molecule has 0 aliphatic heterocycles. The molecular formula is C19H20F2N2O2. The monoisotopic (exact) mass is 346 g/mol. The fourth-order valence-corrected chi connectivity index (χ4v) is 2.38. The number of halogens is 2. The Bertz CT molecular complexity index is 778. The molecule has 0 saturated heterocycles. The van der Waals surface area contributed by atoms with Gasteiger partial charge >= 0.3 is 0 Å². The lowest BCUT2D eigenvalue weighted by Crippen LogP contribution is -2.31. The Morgan fingerprint density at radius 3 is 2.48 bits per heavy atom. The zero-order chi connectivity index (χ0) is 18.4. The van der Waals surface area contributed by atoms with Crippen LogP contribution in [0.15, 0.2) is 42.5 Å². The number of carbonyl (C=O) groups excluding carboxylic acids is 2. The lowest BCUT2D eigenvalue weighted by atomic mass is 10.1. The van der Waals surface area contributed by atoms with Crippen molar-refractivity contribution in [1.82, 2.24) is 4.90 Å². The summed E-state index contributed by atoms with van der Waals surface area (Å²) in [5, 5.41) is 2.39. The zero-order valence-corrected chi connectivity index (χ0v) is 14.2. The van der Waals surface area contributed by atoms with Crippen molar-refractivity contribution in [3.63, 3.8) is 0 Å². The van der Waals surface area contributed by atoms with Crippen LogP contribution in [-0.2, 0) is 16.1 Å². The van der Waals surface area contributed by atoms with Crippen molar-refractivity contribution in [2.45, 2.75) is 26.8 Å². The molecule has 6 heteroatoms. The van der Waals surface area contributed by atoms with E-state index in [1.807, 2.05) is 31.2 Å². The van der Waals surface area contributed by atoms with Gasteiger partial charge in [-0.25, -0.2) is 8.78 Å². The minimum atomic E-state index is -0.836. The summed E-state index contributed by atoms with van der Waals surface area (Å²) in [5.41, 5.74) is 1.98. The Balaban J connectivity index is 1.95. The third-order valence-corrected chi connectivity index (χ3v) is 3.88. The Kier molecular flexibility index (Phi) is 6.22. The molecule has 2 amide bonds. The molecule has 0 radical (unpaired) electrons. The van der Waals surface area contributed by atoms with Gasteiger partial charge in [-0.15, -0.1) is 0 Å². The molecule has 0 aliphatic rings. The molecule has 1 N–H and O–H groups in total. The van der Waals surface area contributed by atoms with Gasteiger partial charge in [-0.2, -0.15) is 0 Å². The first-order valence-corrected chi connectivity index (χ1v) is 7.91. The molecule has 0 fully saturated rings. The van der Waals surface area contributed by atoms with E-state index < -0.39 is 17.5 Å². The van der Waals surface area contributed by atoms with Crippen LogP contribution in [-0.4, -0.2) is 23.3 Å². The Morgan fingerprint density at radius 2 is 1.84 bits per heavy atom. The highest BCUT2D eigenvalue weighted by Gasteiger charge is 2.14. The topological polar surface area (TPSA) is 49.4 Å². The quantitative estimate of drug-likeness (QED) is 0.868. The van der Waals surface area contributed by atoms with E-state index in [1.54, 1.807) is 4.90 Å². The summed E-state index contributed by atoms with van der Waals surface area (Å²) < 4.78 is 26.4. The molecule has 25 heavy (non-hydrogen) atoms. The molecule has 2 rings (SSSR count). The summed E-state index contributed by atoms with van der Waals surface area (Å²) in [7, 11) is 0. The fraction of sp³-hybridized carbons (Fsp3) is 0.263. The van der Waals surface area contributed by atoms with E-state index in [2.05, 4.69) is 5.32 Å². The number of carbonyl (C=O) groups is 2. The third kappa shape index (κ3) is 5.38. The second kappa shape index (κ2) is 8.37. The lowest BCUT2D eigenvalue weighted by Gasteiger charge is -2.22. The van der Waals surface area contributed by atoms with Gasteiger partial charge in [0.2, 0.25) is 11.8 Å². The number of amides is 2. The molecule has 0 aromatic heterocycles. The van der Waals surface area contributed by atoms with Crippen LogP contribution in [0.25, 0.3) is 0 Å². The summed E-state index contributed by atoms with van der Waals surface area (Å²) in [5.74, 6) is -2.14. The molecule has 0 bridgehead atoms. The number of nitrogens with zero attached hydrogens (tertiary/aromatic N) is 1. The summed E-state index contributed by atoms with van der Waals surface area (Å²) in [6, 6.07) is 10.6. The predicted octanol–water partition coefficient (Wildman–Crippen LogP) is 3.65. The first kappa shape index (κ1) is 18.6. The second-order valence-electron chi connectivity index (χ2n) is 5.79. The maximum absolute atomic E-state index is 13.6. The van der Waals surface area contributed by atoms with Gasteiger partial charge in [-0.05, 0) is 30.2 Å². The number of rotatable bonds is 6. The highest BCUT2D eigenvalue weighted by Crippen LogP contribution is 2.15. The van der Waals surface area contributed by atoms with Crippen molar-refractivity contribution in [3.05, 3.63) is 65.2 Å². The number of benzene rings is 2. The fourth-order valence-electron chi connectivity index (χ4n) is 2.38. The summed E-state index contributed by atoms with van der Waals surface area (Å²) in [6.07, 6.45) is 0.0161. The number of hydrogen-bond acceptors (Lipinski definition) is 2. The van der Waals surface area contributed by atoms with Gasteiger partial charge in [-0.3, -0.25) is 9.59 Å². The summed E-state index contributed by atoms with van der Waals surface area (Å²) in [4.78, 5) is 25.4. The minimum absolute atomic E-state index is 0.0161. The van der Waals surface area contributed by atoms with Crippen molar-refractivity contribution >= 4 is 17.5 Å². The number of hydrogen-bond donors (Lipinski definition) is 1. The van der Waals surface area contributed by atoms with Crippen LogP contribution in [0.5, 0.6) is 0 Å². The molecule has 0 aliphatic carbocycles. The van der Waals surface area contributed by atoms with Gasteiger partial charge in [0.05, 0.1) is 5.69 Å². The molecule has 132 valence electrons. The number of nitrogens with one attached hydrogen (secondary N) is 1. The van der Waals surface area contributed by atoms with Crippen molar-refractivity contribution in [1.29, 1.82) is 0 Å². The van der Waals surface area contributed by atoms with E-state index in [1.165, 1.54) is 13.0 Å². The van der Waals surface area contributed by atoms with E-state index >= 15 is 0 Å². The third-order valence-electron chi connectivity index (χ3n) is 3.88. The lowest BCUT2D eigenvalue weighted by molar-refractivity contribution is -0.129. The Labute approximate surface area is 145 Å². The molecular weight excluding hydrogens is 326 g/mol. The van der Waals surface area contributed by atoms with E-state index in [9.17, 15) is 18.4 Å². The smallest absolute Gasteiger partial charge is 0.226 e. The van der Waals surface area contributed by atoms with E-state index in [4.69, 9.17) is 0 Å². The summed E-state index contributed by atoms with van der Waals surface area (Å²) >= 11 is 0. The van der Waals surface area contributed by atoms with Crippen LogP contribution in [0.3, 0.4) is 0 Å². The van der Waals surface area contributed by atoms with Crippen LogP contribution in [0.4, 0.5) is 14.5 Å². The van der Waals surface area contributed by atoms with E-state index in [-0.39, 0.29) is 24.6 Å². The Hall–Kier alpha value is -2.76. The standard InChI is InChI=1S/C19H20F2N2O2/c1-13-5-3-4-6-15(13)12-23(14(2)24)10-9-19(25)22-18-8-7-16(20)11-17(18)21/h3-8,11H,9-10,12H2,1-2H3,(H,22,25). The molecule has 2 aromatic carbocycles. The van der Waals surface area contributed by atoms with Gasteiger partial charge in [0, 0.05) is 32.5 Å². The second-order valence-corrected chi connectivity index (χ2v) is 5.79. The van der Waals surface area contributed by atoms with Crippen LogP contribution in [0.2, 0.25) is 0 Å². The maximum Gasteiger partial charge on any atom is 0.226 e. The SMILES string of the molecule is CC(=O)N(CCC(=O)Nc1ccc(F)cc1F)Cc1ccccc1C. The van der Waals surface area contributed by atoms with Gasteiger partial charge in [0.25, 0.3) is 0 Å². The average molecular weight is 346 g/mol. The number of anilines is 1. The highest BCUT2D eigenvalue weighted by atomic mass is 19.1. The predicted molar refractivity (Wildman–Crippen MR) is 91.9 cm³/mol. The normalized spacial score (nSPS) is 10.4. The van der Waals surface area contributed by atoms with E-state index in [0.29, 0.717) is 12.6 Å². The van der Waals surface area contributed by atoms with Gasteiger partial charge in [-0.1, -0.05) is 24.3 Å². The van der Waals surface area contributed by atoms with Crippen molar-refractivity contribution < 1.29 is 18.4 Å². The van der Waals surface area contributed by atoms with Crippen LogP contribution in [0.1, 0.15) is 24.5 Å². The number of aryl methyl sites for hydroxylation is 1. The van der Waals surface area contributed by atoms with Gasteiger partial charge in [0.15, 0.2) is 0 Å².